The molecular weight excluding hydrogens is 326 g/mol. The molecule has 25 heavy (non-hydrogen) atoms. The lowest BCUT2D eigenvalue weighted by Gasteiger charge is -2.54. The standard InChI is InChI=1S/C18H31NO6/c1-15(2)22-12-18(25-15)17(20,11-19(5)8-6-7-9-19)14-13(10-21-18)23-16(3,4)24-14/h13-14,20H,5-12H2,1-4H3/t13-,14-,17-,18+/m1/s1. The van der Waals surface area contributed by atoms with Gasteiger partial charge in [-0.3, -0.25) is 0 Å². The molecule has 1 N–H and O–H groups in total. The van der Waals surface area contributed by atoms with E-state index >= 15 is 0 Å². The molecule has 4 saturated heterocycles. The quantitative estimate of drug-likeness (QED) is 0.591. The van der Waals surface area contributed by atoms with Crippen LogP contribution in [-0.2, 0) is 23.7 Å². The van der Waals surface area contributed by atoms with Crippen molar-refractivity contribution in [3.05, 3.63) is 7.05 Å². The first-order chi connectivity index (χ1) is 11.5. The number of fused-ring (bicyclic) bond motifs is 1. The average molecular weight is 357 g/mol. The molecule has 0 bridgehead atoms. The second-order valence-corrected chi connectivity index (χ2v) is 9.03. The number of hydrogen-bond acceptors (Lipinski definition) is 6. The topological polar surface area (TPSA) is 66.4 Å². The summed E-state index contributed by atoms with van der Waals surface area (Å²) in [6.45, 7) is 10.1. The van der Waals surface area contributed by atoms with Gasteiger partial charge in [0.1, 0.15) is 18.8 Å². The van der Waals surface area contributed by atoms with E-state index in [1.54, 1.807) is 0 Å². The number of aliphatic hydroxyl groups is 1. The number of rotatable bonds is 2. The van der Waals surface area contributed by atoms with Crippen molar-refractivity contribution in [3.8, 4) is 0 Å². The Morgan fingerprint density at radius 3 is 2.32 bits per heavy atom. The minimum absolute atomic E-state index is 0.156. The lowest BCUT2D eigenvalue weighted by molar-refractivity contribution is -0.883. The first-order valence-electron chi connectivity index (χ1n) is 9.25. The van der Waals surface area contributed by atoms with Crippen LogP contribution in [0.1, 0.15) is 40.5 Å². The molecule has 0 aromatic heterocycles. The van der Waals surface area contributed by atoms with Crippen LogP contribution in [-0.4, -0.2) is 77.6 Å². The van der Waals surface area contributed by atoms with Crippen LogP contribution in [0.15, 0.2) is 0 Å². The Hall–Kier alpha value is -0.280. The summed E-state index contributed by atoms with van der Waals surface area (Å²) in [6.07, 6.45) is 1.32. The number of quaternary nitrogens is 1. The van der Waals surface area contributed by atoms with Crippen LogP contribution in [0.5, 0.6) is 0 Å². The molecule has 4 aliphatic heterocycles. The van der Waals surface area contributed by atoms with Crippen molar-refractivity contribution in [1.82, 2.24) is 0 Å². The molecule has 4 rings (SSSR count). The highest BCUT2D eigenvalue weighted by molar-refractivity contribution is 5.11. The monoisotopic (exact) mass is 357 g/mol. The van der Waals surface area contributed by atoms with E-state index in [9.17, 15) is 5.11 Å². The van der Waals surface area contributed by atoms with Crippen molar-refractivity contribution in [2.45, 2.75) is 75.7 Å². The zero-order valence-electron chi connectivity index (χ0n) is 15.7. The predicted molar refractivity (Wildman–Crippen MR) is 88.0 cm³/mol. The van der Waals surface area contributed by atoms with Gasteiger partial charge in [0.05, 0.1) is 26.2 Å². The number of nitrogens with zero attached hydrogens (tertiary/aromatic N) is 1. The molecule has 0 amide bonds. The van der Waals surface area contributed by atoms with Gasteiger partial charge >= 0.3 is 0 Å². The van der Waals surface area contributed by atoms with Crippen molar-refractivity contribution in [3.63, 3.8) is 0 Å². The SMILES string of the molecule is [CH2-][N+]1(C[C@@]2(O)[C@@H]3OC(C)(C)O[C@@H]3CO[C@]23COC(C)(C)O3)CCCC1. The van der Waals surface area contributed by atoms with Crippen molar-refractivity contribution < 1.29 is 33.3 Å². The van der Waals surface area contributed by atoms with E-state index in [-0.39, 0.29) is 12.7 Å². The maximum absolute atomic E-state index is 12.0. The minimum atomic E-state index is -1.41. The third-order valence-corrected chi connectivity index (χ3v) is 5.91. The van der Waals surface area contributed by atoms with E-state index in [4.69, 9.17) is 23.7 Å². The summed E-state index contributed by atoms with van der Waals surface area (Å²) in [6, 6.07) is 0. The van der Waals surface area contributed by atoms with Crippen molar-refractivity contribution in [2.75, 3.05) is 32.8 Å². The highest BCUT2D eigenvalue weighted by Gasteiger charge is 2.72. The fourth-order valence-corrected chi connectivity index (χ4v) is 4.82. The van der Waals surface area contributed by atoms with E-state index in [0.29, 0.717) is 17.6 Å². The van der Waals surface area contributed by atoms with Crippen LogP contribution in [0.3, 0.4) is 0 Å². The zero-order chi connectivity index (χ0) is 18.1. The number of hydrogen-bond donors (Lipinski definition) is 1. The predicted octanol–water partition coefficient (Wildman–Crippen LogP) is 1.15. The molecule has 0 aliphatic carbocycles. The van der Waals surface area contributed by atoms with E-state index in [2.05, 4.69) is 7.05 Å². The molecule has 4 atom stereocenters. The summed E-state index contributed by atoms with van der Waals surface area (Å²) >= 11 is 0. The molecular formula is C18H31NO6. The van der Waals surface area contributed by atoms with Gasteiger partial charge in [0.15, 0.2) is 17.2 Å². The molecule has 4 aliphatic rings. The fourth-order valence-electron chi connectivity index (χ4n) is 4.82. The van der Waals surface area contributed by atoms with Crippen LogP contribution in [0.2, 0.25) is 0 Å². The number of likely N-dealkylation sites (tertiary alicyclic amines) is 1. The van der Waals surface area contributed by atoms with E-state index in [1.807, 2.05) is 27.7 Å². The zero-order valence-corrected chi connectivity index (χ0v) is 15.7. The maximum Gasteiger partial charge on any atom is 0.232 e. The average Bonchev–Trinajstić information content (AvgIpc) is 3.12. The van der Waals surface area contributed by atoms with Crippen LogP contribution in [0.25, 0.3) is 0 Å². The molecule has 144 valence electrons. The van der Waals surface area contributed by atoms with Gasteiger partial charge in [-0.1, -0.05) is 0 Å². The van der Waals surface area contributed by atoms with E-state index in [1.165, 1.54) is 0 Å². The van der Waals surface area contributed by atoms with E-state index < -0.39 is 29.1 Å². The smallest absolute Gasteiger partial charge is 0.232 e. The molecule has 4 heterocycles. The normalized spacial score (nSPS) is 47.3. The second-order valence-electron chi connectivity index (χ2n) is 9.03. The van der Waals surface area contributed by atoms with Gasteiger partial charge in [0.25, 0.3) is 0 Å². The summed E-state index contributed by atoms with van der Waals surface area (Å²) in [5, 5.41) is 12.0. The van der Waals surface area contributed by atoms with Gasteiger partial charge in [-0.25, -0.2) is 0 Å². The third kappa shape index (κ3) is 2.84. The van der Waals surface area contributed by atoms with Gasteiger partial charge in [-0.15, -0.1) is 7.05 Å². The minimum Gasteiger partial charge on any atom is -0.454 e. The first kappa shape index (κ1) is 18.1. The Morgan fingerprint density at radius 2 is 1.72 bits per heavy atom. The molecule has 7 heteroatoms. The van der Waals surface area contributed by atoms with Gasteiger partial charge in [-0.05, 0) is 40.5 Å². The summed E-state index contributed by atoms with van der Waals surface area (Å²) in [5.74, 6) is -2.87. The van der Waals surface area contributed by atoms with Crippen LogP contribution < -0.4 is 0 Å². The molecule has 7 nitrogen and oxygen atoms in total. The van der Waals surface area contributed by atoms with Gasteiger partial charge in [0.2, 0.25) is 5.79 Å². The lowest BCUT2D eigenvalue weighted by atomic mass is 9.81. The summed E-state index contributed by atoms with van der Waals surface area (Å²) in [5.41, 5.74) is -1.41. The fraction of sp³-hybridized carbons (Fsp3) is 0.944. The maximum atomic E-state index is 12.0. The summed E-state index contributed by atoms with van der Waals surface area (Å²) < 4.78 is 30.7. The molecule has 1 spiro atoms. The Labute approximate surface area is 149 Å². The highest BCUT2D eigenvalue weighted by atomic mass is 16.9. The molecule has 4 fully saturated rings. The molecule has 0 aromatic rings. The first-order valence-corrected chi connectivity index (χ1v) is 9.25. The largest absolute Gasteiger partial charge is 0.454 e. The van der Waals surface area contributed by atoms with Crippen LogP contribution >= 0.6 is 0 Å². The lowest BCUT2D eigenvalue weighted by Crippen LogP contribution is -2.75. The number of ether oxygens (including phenoxy) is 5. The third-order valence-electron chi connectivity index (χ3n) is 5.91. The molecule has 0 unspecified atom stereocenters. The van der Waals surface area contributed by atoms with Gasteiger partial charge < -0.3 is 33.3 Å². The van der Waals surface area contributed by atoms with Crippen molar-refractivity contribution in [1.29, 1.82) is 0 Å². The Balaban J connectivity index is 1.72. The Morgan fingerprint density at radius 1 is 1.04 bits per heavy atom. The van der Waals surface area contributed by atoms with Gasteiger partial charge in [-0.2, -0.15) is 0 Å². The molecule has 0 saturated carbocycles. The van der Waals surface area contributed by atoms with Crippen LogP contribution in [0, 0.1) is 7.05 Å². The van der Waals surface area contributed by atoms with Gasteiger partial charge in [0, 0.05) is 0 Å². The molecule has 0 radical (unpaired) electrons. The summed E-state index contributed by atoms with van der Waals surface area (Å²) in [4.78, 5) is 0. The molecule has 0 aromatic carbocycles. The van der Waals surface area contributed by atoms with E-state index in [0.717, 1.165) is 25.9 Å². The van der Waals surface area contributed by atoms with Crippen molar-refractivity contribution in [2.24, 2.45) is 0 Å². The Bertz CT molecular complexity index is 544. The summed E-state index contributed by atoms with van der Waals surface area (Å²) in [7, 11) is 4.38. The second kappa shape index (κ2) is 5.38. The van der Waals surface area contributed by atoms with Crippen LogP contribution in [0.4, 0.5) is 0 Å². The highest BCUT2D eigenvalue weighted by Crippen LogP contribution is 2.50. The van der Waals surface area contributed by atoms with Crippen molar-refractivity contribution >= 4 is 0 Å². The Kier molecular flexibility index (Phi) is 3.89.